The first kappa shape index (κ1) is 17.5. The summed E-state index contributed by atoms with van der Waals surface area (Å²) in [6.45, 7) is 1.71. The molecule has 0 spiro atoms. The topological polar surface area (TPSA) is 96.4 Å². The molecule has 3 heterocycles. The van der Waals surface area contributed by atoms with Gasteiger partial charge in [-0.1, -0.05) is 11.6 Å². The molecule has 0 amide bonds. The third kappa shape index (κ3) is 3.01. The number of benzene rings is 1. The summed E-state index contributed by atoms with van der Waals surface area (Å²) < 4.78 is 38.5. The number of nitriles is 1. The molecule has 4 rings (SSSR count). The summed E-state index contributed by atoms with van der Waals surface area (Å²) in [5.74, 6) is 1.51. The van der Waals surface area contributed by atoms with Gasteiger partial charge in [-0.3, -0.25) is 0 Å². The number of hydrogen-bond donors (Lipinski definition) is 0. The van der Waals surface area contributed by atoms with Crippen LogP contribution in [0.1, 0.15) is 35.2 Å². The zero-order chi connectivity index (χ0) is 18.3. The Morgan fingerprint density at radius 2 is 2.23 bits per heavy atom. The second-order valence-electron chi connectivity index (χ2n) is 6.33. The lowest BCUT2D eigenvalue weighted by molar-refractivity contribution is 0.190. The molecule has 9 heteroatoms. The third-order valence-corrected chi connectivity index (χ3v) is 6.99. The van der Waals surface area contributed by atoms with Crippen LogP contribution in [0.3, 0.4) is 0 Å². The molecule has 1 aromatic heterocycles. The maximum absolute atomic E-state index is 13.0. The minimum atomic E-state index is -3.78. The fourth-order valence-corrected chi connectivity index (χ4v) is 5.14. The van der Waals surface area contributed by atoms with Gasteiger partial charge >= 0.3 is 0 Å². The third-order valence-electron chi connectivity index (χ3n) is 4.67. The first-order chi connectivity index (χ1) is 12.5. The van der Waals surface area contributed by atoms with Crippen molar-refractivity contribution in [2.45, 2.75) is 30.2 Å². The zero-order valence-corrected chi connectivity index (χ0v) is 15.4. The van der Waals surface area contributed by atoms with Crippen molar-refractivity contribution in [2.75, 3.05) is 19.8 Å². The number of fused-ring (bicyclic) bond motifs is 1. The summed E-state index contributed by atoms with van der Waals surface area (Å²) in [6, 6.07) is 6.12. The second kappa shape index (κ2) is 6.67. The lowest BCUT2D eigenvalue weighted by Crippen LogP contribution is -2.36. The van der Waals surface area contributed by atoms with Gasteiger partial charge in [0.1, 0.15) is 10.7 Å². The van der Waals surface area contributed by atoms with Crippen molar-refractivity contribution in [3.05, 3.63) is 46.1 Å². The fourth-order valence-electron chi connectivity index (χ4n) is 3.22. The highest BCUT2D eigenvalue weighted by Gasteiger charge is 2.34. The van der Waals surface area contributed by atoms with E-state index in [0.29, 0.717) is 43.3 Å². The first-order valence-electron chi connectivity index (χ1n) is 8.25. The van der Waals surface area contributed by atoms with Crippen molar-refractivity contribution in [1.82, 2.24) is 9.29 Å². The SMILES string of the molecule is N#Cc1ccc(S(=O)(=O)N2CCc3oc(C4CCOC4)nc3C2)c(Cl)c1. The van der Waals surface area contributed by atoms with E-state index in [1.165, 1.54) is 22.5 Å². The molecule has 26 heavy (non-hydrogen) atoms. The summed E-state index contributed by atoms with van der Waals surface area (Å²) in [5.41, 5.74) is 0.960. The van der Waals surface area contributed by atoms with Crippen molar-refractivity contribution in [3.63, 3.8) is 0 Å². The van der Waals surface area contributed by atoms with Crippen LogP contribution in [0.4, 0.5) is 0 Å². The molecule has 0 aliphatic carbocycles. The molecular formula is C17H16ClN3O4S. The monoisotopic (exact) mass is 393 g/mol. The lowest BCUT2D eigenvalue weighted by Gasteiger charge is -2.25. The van der Waals surface area contributed by atoms with Gasteiger partial charge in [0.05, 0.1) is 41.4 Å². The van der Waals surface area contributed by atoms with E-state index in [1.807, 2.05) is 6.07 Å². The molecule has 136 valence electrons. The van der Waals surface area contributed by atoms with Crippen LogP contribution in [0.25, 0.3) is 0 Å². The fraction of sp³-hybridized carbons (Fsp3) is 0.412. The number of nitrogens with zero attached hydrogens (tertiary/aromatic N) is 3. The summed E-state index contributed by atoms with van der Waals surface area (Å²) in [6.07, 6.45) is 1.32. The molecule has 2 aliphatic rings. The minimum Gasteiger partial charge on any atom is -0.445 e. The molecule has 0 N–H and O–H groups in total. The lowest BCUT2D eigenvalue weighted by atomic mass is 10.1. The highest BCUT2D eigenvalue weighted by Crippen LogP contribution is 2.32. The average molecular weight is 394 g/mol. The average Bonchev–Trinajstić information content (AvgIpc) is 3.29. The van der Waals surface area contributed by atoms with Gasteiger partial charge in [0, 0.05) is 19.6 Å². The van der Waals surface area contributed by atoms with Crippen LogP contribution >= 0.6 is 11.6 Å². The van der Waals surface area contributed by atoms with Crippen LogP contribution in [-0.4, -0.2) is 37.5 Å². The van der Waals surface area contributed by atoms with Crippen molar-refractivity contribution in [1.29, 1.82) is 5.26 Å². The number of sulfonamides is 1. The molecule has 7 nitrogen and oxygen atoms in total. The van der Waals surface area contributed by atoms with E-state index < -0.39 is 10.0 Å². The predicted molar refractivity (Wildman–Crippen MR) is 92.1 cm³/mol. The van der Waals surface area contributed by atoms with Gasteiger partial charge < -0.3 is 9.15 Å². The number of oxazole rings is 1. The Bertz CT molecular complexity index is 990. The smallest absolute Gasteiger partial charge is 0.244 e. The summed E-state index contributed by atoms with van der Waals surface area (Å²) in [4.78, 5) is 4.51. The maximum atomic E-state index is 13.0. The first-order valence-corrected chi connectivity index (χ1v) is 10.1. The van der Waals surface area contributed by atoms with E-state index in [-0.39, 0.29) is 22.4 Å². The van der Waals surface area contributed by atoms with Crippen LogP contribution in [0, 0.1) is 11.3 Å². The second-order valence-corrected chi connectivity index (χ2v) is 8.64. The Hall–Kier alpha value is -1.92. The van der Waals surface area contributed by atoms with Crippen LogP contribution < -0.4 is 0 Å². The molecule has 1 unspecified atom stereocenters. The summed E-state index contributed by atoms with van der Waals surface area (Å²) >= 11 is 6.10. The minimum absolute atomic E-state index is 0.00507. The van der Waals surface area contributed by atoms with Crippen molar-refractivity contribution < 1.29 is 17.6 Å². The van der Waals surface area contributed by atoms with Gasteiger partial charge in [-0.15, -0.1) is 0 Å². The van der Waals surface area contributed by atoms with E-state index in [9.17, 15) is 8.42 Å². The Labute approximate surface area is 156 Å². The quantitative estimate of drug-likeness (QED) is 0.794. The van der Waals surface area contributed by atoms with Gasteiger partial charge in [-0.2, -0.15) is 9.57 Å². The summed E-state index contributed by atoms with van der Waals surface area (Å²) in [7, 11) is -3.78. The highest BCUT2D eigenvalue weighted by atomic mass is 35.5. The van der Waals surface area contributed by atoms with Crippen LogP contribution in [-0.2, 0) is 27.7 Å². The van der Waals surface area contributed by atoms with E-state index in [0.717, 1.165) is 12.2 Å². The van der Waals surface area contributed by atoms with E-state index in [1.54, 1.807) is 0 Å². The van der Waals surface area contributed by atoms with Gasteiger partial charge in [-0.05, 0) is 24.6 Å². The molecule has 2 aromatic rings. The Morgan fingerprint density at radius 3 is 2.92 bits per heavy atom. The van der Waals surface area contributed by atoms with Crippen molar-refractivity contribution >= 4 is 21.6 Å². The van der Waals surface area contributed by atoms with E-state index in [4.69, 9.17) is 26.0 Å². The number of ether oxygens (including phenoxy) is 1. The van der Waals surface area contributed by atoms with Crippen molar-refractivity contribution in [2.24, 2.45) is 0 Å². The summed E-state index contributed by atoms with van der Waals surface area (Å²) in [5, 5.41) is 8.95. The molecule has 0 radical (unpaired) electrons. The van der Waals surface area contributed by atoms with E-state index >= 15 is 0 Å². The molecule has 0 bridgehead atoms. The number of hydrogen-bond acceptors (Lipinski definition) is 6. The van der Waals surface area contributed by atoms with Crippen LogP contribution in [0.2, 0.25) is 5.02 Å². The molecule has 1 saturated heterocycles. The standard InChI is InChI=1S/C17H16ClN3O4S/c18-13-7-11(8-19)1-2-16(13)26(22,23)21-5-3-15-14(9-21)20-17(25-15)12-4-6-24-10-12/h1-2,7,12H,3-6,9-10H2. The molecule has 1 aromatic carbocycles. The Morgan fingerprint density at radius 1 is 1.38 bits per heavy atom. The molecule has 1 fully saturated rings. The van der Waals surface area contributed by atoms with Crippen molar-refractivity contribution in [3.8, 4) is 6.07 Å². The van der Waals surface area contributed by atoms with Crippen LogP contribution in [0.15, 0.2) is 27.5 Å². The Balaban J connectivity index is 1.60. The molecule has 1 atom stereocenters. The zero-order valence-electron chi connectivity index (χ0n) is 13.8. The number of halogens is 1. The van der Waals surface area contributed by atoms with Crippen LogP contribution in [0.5, 0.6) is 0 Å². The van der Waals surface area contributed by atoms with Gasteiger partial charge in [0.15, 0.2) is 5.89 Å². The number of rotatable bonds is 3. The molecule has 2 aliphatic heterocycles. The number of aromatic nitrogens is 1. The largest absolute Gasteiger partial charge is 0.445 e. The van der Waals surface area contributed by atoms with Gasteiger partial charge in [-0.25, -0.2) is 13.4 Å². The van der Waals surface area contributed by atoms with E-state index in [2.05, 4.69) is 4.98 Å². The highest BCUT2D eigenvalue weighted by molar-refractivity contribution is 7.89. The Kier molecular flexibility index (Phi) is 4.49. The molecular weight excluding hydrogens is 378 g/mol. The van der Waals surface area contributed by atoms with Gasteiger partial charge in [0.25, 0.3) is 0 Å². The molecule has 0 saturated carbocycles. The van der Waals surface area contributed by atoms with Gasteiger partial charge in [0.2, 0.25) is 10.0 Å². The predicted octanol–water partition coefficient (Wildman–Crippen LogP) is 2.45. The normalized spacial score (nSPS) is 20.7. The maximum Gasteiger partial charge on any atom is 0.244 e.